The predicted octanol–water partition coefficient (Wildman–Crippen LogP) is 0.752. The molecule has 1 fully saturated rings. The van der Waals surface area contributed by atoms with Gasteiger partial charge in [0.25, 0.3) is 0 Å². The second kappa shape index (κ2) is 5.93. The van der Waals surface area contributed by atoms with Gasteiger partial charge >= 0.3 is 0 Å². The SMILES string of the molecule is Cc1ccc(NC(=O)CN2CCC(N)CC2)nc1. The Bertz CT molecular complexity index is 396. The number of nitrogens with two attached hydrogens (primary N) is 1. The first-order chi connectivity index (χ1) is 8.63. The Hall–Kier alpha value is -1.46. The summed E-state index contributed by atoms with van der Waals surface area (Å²) in [5.41, 5.74) is 6.91. The lowest BCUT2D eigenvalue weighted by molar-refractivity contribution is -0.117. The van der Waals surface area contributed by atoms with Crippen molar-refractivity contribution in [3.05, 3.63) is 23.9 Å². The van der Waals surface area contributed by atoms with Crippen LogP contribution in [0.1, 0.15) is 18.4 Å². The molecule has 1 saturated heterocycles. The minimum absolute atomic E-state index is 0.0122. The quantitative estimate of drug-likeness (QED) is 0.828. The molecule has 0 unspecified atom stereocenters. The molecule has 1 aliphatic heterocycles. The molecule has 0 bridgehead atoms. The third-order valence-corrected chi connectivity index (χ3v) is 3.18. The molecule has 2 rings (SSSR count). The number of nitrogens with zero attached hydrogens (tertiary/aromatic N) is 2. The van der Waals surface area contributed by atoms with E-state index in [4.69, 9.17) is 5.73 Å². The van der Waals surface area contributed by atoms with Crippen LogP contribution in [0.25, 0.3) is 0 Å². The van der Waals surface area contributed by atoms with Crippen LogP contribution in [0.5, 0.6) is 0 Å². The van der Waals surface area contributed by atoms with Crippen molar-refractivity contribution in [1.82, 2.24) is 9.88 Å². The number of rotatable bonds is 3. The molecule has 18 heavy (non-hydrogen) atoms. The molecule has 1 aromatic rings. The average molecular weight is 248 g/mol. The van der Waals surface area contributed by atoms with Crippen LogP contribution in [0.15, 0.2) is 18.3 Å². The molecule has 5 nitrogen and oxygen atoms in total. The lowest BCUT2D eigenvalue weighted by Gasteiger charge is -2.29. The zero-order valence-corrected chi connectivity index (χ0v) is 10.7. The molecule has 1 aliphatic rings. The first-order valence-corrected chi connectivity index (χ1v) is 6.34. The van der Waals surface area contributed by atoms with Crippen LogP contribution in [-0.4, -0.2) is 41.5 Å². The van der Waals surface area contributed by atoms with Crippen molar-refractivity contribution in [2.45, 2.75) is 25.8 Å². The third-order valence-electron chi connectivity index (χ3n) is 3.18. The molecule has 0 aromatic carbocycles. The van der Waals surface area contributed by atoms with Crippen molar-refractivity contribution < 1.29 is 4.79 Å². The maximum Gasteiger partial charge on any atom is 0.239 e. The Kier molecular flexibility index (Phi) is 4.28. The Balaban J connectivity index is 1.80. The molecular formula is C13H20N4O. The summed E-state index contributed by atoms with van der Waals surface area (Å²) in [6.07, 6.45) is 3.68. The van der Waals surface area contributed by atoms with E-state index in [0.29, 0.717) is 18.4 Å². The molecule has 3 N–H and O–H groups in total. The van der Waals surface area contributed by atoms with Crippen molar-refractivity contribution in [1.29, 1.82) is 0 Å². The second-order valence-corrected chi connectivity index (χ2v) is 4.88. The minimum Gasteiger partial charge on any atom is -0.328 e. The van der Waals surface area contributed by atoms with Gasteiger partial charge in [-0.1, -0.05) is 6.07 Å². The largest absolute Gasteiger partial charge is 0.328 e. The first-order valence-electron chi connectivity index (χ1n) is 6.34. The van der Waals surface area contributed by atoms with Gasteiger partial charge in [0, 0.05) is 25.3 Å². The number of hydrogen-bond acceptors (Lipinski definition) is 4. The zero-order chi connectivity index (χ0) is 13.0. The van der Waals surface area contributed by atoms with Crippen LogP contribution in [0, 0.1) is 6.92 Å². The van der Waals surface area contributed by atoms with Crippen LogP contribution in [-0.2, 0) is 4.79 Å². The number of amides is 1. The topological polar surface area (TPSA) is 71.2 Å². The van der Waals surface area contributed by atoms with Gasteiger partial charge < -0.3 is 11.1 Å². The fourth-order valence-electron chi connectivity index (χ4n) is 2.04. The number of carbonyl (C=O) groups excluding carboxylic acids is 1. The summed E-state index contributed by atoms with van der Waals surface area (Å²) in [5, 5.41) is 2.80. The molecular weight excluding hydrogens is 228 g/mol. The van der Waals surface area contributed by atoms with E-state index in [1.54, 1.807) is 6.20 Å². The number of piperidine rings is 1. The smallest absolute Gasteiger partial charge is 0.239 e. The molecule has 98 valence electrons. The van der Waals surface area contributed by atoms with Crippen molar-refractivity contribution in [2.75, 3.05) is 25.0 Å². The minimum atomic E-state index is -0.0122. The Morgan fingerprint density at radius 1 is 1.50 bits per heavy atom. The highest BCUT2D eigenvalue weighted by atomic mass is 16.2. The summed E-state index contributed by atoms with van der Waals surface area (Å²) < 4.78 is 0. The molecule has 2 heterocycles. The number of likely N-dealkylation sites (tertiary alicyclic amines) is 1. The van der Waals surface area contributed by atoms with E-state index in [9.17, 15) is 4.79 Å². The number of anilines is 1. The highest BCUT2D eigenvalue weighted by Crippen LogP contribution is 2.08. The molecule has 5 heteroatoms. The molecule has 1 aromatic heterocycles. The van der Waals surface area contributed by atoms with E-state index >= 15 is 0 Å². The Labute approximate surface area is 107 Å². The van der Waals surface area contributed by atoms with E-state index in [1.165, 1.54) is 0 Å². The van der Waals surface area contributed by atoms with Crippen LogP contribution in [0.3, 0.4) is 0 Å². The summed E-state index contributed by atoms with van der Waals surface area (Å²) in [5.74, 6) is 0.598. The van der Waals surface area contributed by atoms with Gasteiger partial charge in [0.1, 0.15) is 5.82 Å². The summed E-state index contributed by atoms with van der Waals surface area (Å²) >= 11 is 0. The maximum absolute atomic E-state index is 11.8. The van der Waals surface area contributed by atoms with Gasteiger partial charge in [-0.05, 0) is 31.4 Å². The van der Waals surface area contributed by atoms with Crippen LogP contribution < -0.4 is 11.1 Å². The number of aromatic nitrogens is 1. The fraction of sp³-hybridized carbons (Fsp3) is 0.538. The molecule has 1 amide bonds. The van der Waals surface area contributed by atoms with Gasteiger partial charge in [0.05, 0.1) is 6.54 Å². The van der Waals surface area contributed by atoms with E-state index < -0.39 is 0 Å². The second-order valence-electron chi connectivity index (χ2n) is 4.88. The van der Waals surface area contributed by atoms with E-state index in [-0.39, 0.29) is 5.91 Å². The first kappa shape index (κ1) is 13.0. The standard InChI is InChI=1S/C13H20N4O/c1-10-2-3-12(15-8-10)16-13(18)9-17-6-4-11(14)5-7-17/h2-3,8,11H,4-7,9,14H2,1H3,(H,15,16,18). The van der Waals surface area contributed by atoms with Crippen molar-refractivity contribution in [2.24, 2.45) is 5.73 Å². The average Bonchev–Trinajstić information content (AvgIpc) is 2.35. The Morgan fingerprint density at radius 3 is 2.83 bits per heavy atom. The highest BCUT2D eigenvalue weighted by molar-refractivity contribution is 5.91. The normalized spacial score (nSPS) is 17.7. The van der Waals surface area contributed by atoms with Crippen LogP contribution >= 0.6 is 0 Å². The molecule has 0 spiro atoms. The zero-order valence-electron chi connectivity index (χ0n) is 10.7. The highest BCUT2D eigenvalue weighted by Gasteiger charge is 2.18. The molecule has 0 atom stereocenters. The predicted molar refractivity (Wildman–Crippen MR) is 71.3 cm³/mol. The lowest BCUT2D eigenvalue weighted by atomic mass is 10.1. The number of carbonyl (C=O) groups is 1. The van der Waals surface area contributed by atoms with Crippen molar-refractivity contribution in [3.63, 3.8) is 0 Å². The summed E-state index contributed by atoms with van der Waals surface area (Å²) in [6, 6.07) is 4.05. The van der Waals surface area contributed by atoms with Gasteiger partial charge in [0.15, 0.2) is 0 Å². The Morgan fingerprint density at radius 2 is 2.22 bits per heavy atom. The maximum atomic E-state index is 11.8. The number of hydrogen-bond donors (Lipinski definition) is 2. The summed E-state index contributed by atoms with van der Waals surface area (Å²) in [6.45, 7) is 4.18. The van der Waals surface area contributed by atoms with Crippen molar-refractivity contribution >= 4 is 11.7 Å². The summed E-state index contributed by atoms with van der Waals surface area (Å²) in [4.78, 5) is 18.1. The number of aryl methyl sites for hydroxylation is 1. The van der Waals surface area contributed by atoms with Crippen LogP contribution in [0.4, 0.5) is 5.82 Å². The van der Waals surface area contributed by atoms with Crippen molar-refractivity contribution in [3.8, 4) is 0 Å². The molecule has 0 saturated carbocycles. The third kappa shape index (κ3) is 3.78. The van der Waals surface area contributed by atoms with Crippen LogP contribution in [0.2, 0.25) is 0 Å². The summed E-state index contributed by atoms with van der Waals surface area (Å²) in [7, 11) is 0. The molecule has 0 radical (unpaired) electrons. The van der Waals surface area contributed by atoms with Gasteiger partial charge in [-0.25, -0.2) is 4.98 Å². The molecule has 0 aliphatic carbocycles. The fourth-order valence-corrected chi connectivity index (χ4v) is 2.04. The van der Waals surface area contributed by atoms with Gasteiger partial charge in [0.2, 0.25) is 5.91 Å². The van der Waals surface area contributed by atoms with Gasteiger partial charge in [-0.2, -0.15) is 0 Å². The number of pyridine rings is 1. The monoisotopic (exact) mass is 248 g/mol. The van der Waals surface area contributed by atoms with Gasteiger partial charge in [-0.15, -0.1) is 0 Å². The lowest BCUT2D eigenvalue weighted by Crippen LogP contribution is -2.43. The van der Waals surface area contributed by atoms with E-state index in [0.717, 1.165) is 31.5 Å². The van der Waals surface area contributed by atoms with E-state index in [2.05, 4.69) is 15.2 Å². The van der Waals surface area contributed by atoms with Gasteiger partial charge in [-0.3, -0.25) is 9.69 Å². The van der Waals surface area contributed by atoms with E-state index in [1.807, 2.05) is 19.1 Å². The number of nitrogens with one attached hydrogen (secondary N) is 1.